The monoisotopic (exact) mass is 295 g/mol. The highest BCUT2D eigenvalue weighted by Crippen LogP contribution is 2.28. The highest BCUT2D eigenvalue weighted by Gasteiger charge is 2.34. The Morgan fingerprint density at radius 1 is 1.36 bits per heavy atom. The Hall–Kier alpha value is -2.32. The Morgan fingerprint density at radius 2 is 2.18 bits per heavy atom. The van der Waals surface area contributed by atoms with E-state index in [0.717, 1.165) is 25.0 Å². The Kier molecular flexibility index (Phi) is 3.12. The summed E-state index contributed by atoms with van der Waals surface area (Å²) < 4.78 is 5.36. The maximum atomic E-state index is 12.5. The highest BCUT2D eigenvalue weighted by atomic mass is 16.3. The molecule has 1 unspecified atom stereocenters. The summed E-state index contributed by atoms with van der Waals surface area (Å²) in [6, 6.07) is 7.59. The van der Waals surface area contributed by atoms with Crippen molar-refractivity contribution in [2.75, 3.05) is 19.6 Å². The molecule has 0 spiro atoms. The van der Waals surface area contributed by atoms with Crippen molar-refractivity contribution in [3.05, 3.63) is 35.6 Å². The number of piperidine rings is 3. The summed E-state index contributed by atoms with van der Waals surface area (Å²) in [5.74, 6) is 0.544. The number of nitriles is 1. The molecule has 1 amide bonds. The molecule has 1 aromatic carbocycles. The van der Waals surface area contributed by atoms with Crippen LogP contribution in [-0.2, 0) is 0 Å². The molecular formula is C17H17N3O2. The number of amides is 1. The van der Waals surface area contributed by atoms with Gasteiger partial charge in [-0.2, -0.15) is 5.26 Å². The van der Waals surface area contributed by atoms with Gasteiger partial charge in [-0.25, -0.2) is 0 Å². The lowest BCUT2D eigenvalue weighted by atomic mass is 9.84. The summed E-state index contributed by atoms with van der Waals surface area (Å²) in [5.41, 5.74) is 1.67. The van der Waals surface area contributed by atoms with Gasteiger partial charge in [0.15, 0.2) is 0 Å². The van der Waals surface area contributed by atoms with Crippen LogP contribution in [0, 0.1) is 17.2 Å². The van der Waals surface area contributed by atoms with E-state index >= 15 is 0 Å². The zero-order valence-corrected chi connectivity index (χ0v) is 12.2. The molecule has 1 atom stereocenters. The molecule has 1 aromatic heterocycles. The predicted molar refractivity (Wildman–Crippen MR) is 81.3 cm³/mol. The number of nitrogens with zero attached hydrogens (tertiary/aromatic N) is 2. The lowest BCUT2D eigenvalue weighted by Crippen LogP contribution is -2.57. The third kappa shape index (κ3) is 2.16. The number of nitrogens with one attached hydrogen (secondary N) is 1. The van der Waals surface area contributed by atoms with E-state index in [1.165, 1.54) is 19.1 Å². The molecular weight excluding hydrogens is 278 g/mol. The first-order chi connectivity index (χ1) is 10.7. The third-order valence-electron chi connectivity index (χ3n) is 4.93. The molecule has 3 aliphatic rings. The van der Waals surface area contributed by atoms with Crippen molar-refractivity contribution in [1.82, 2.24) is 10.2 Å². The summed E-state index contributed by atoms with van der Waals surface area (Å²) in [6.45, 7) is 3.27. The minimum atomic E-state index is -0.0597. The molecule has 4 heterocycles. The number of furan rings is 1. The van der Waals surface area contributed by atoms with E-state index in [0.29, 0.717) is 22.6 Å². The average Bonchev–Trinajstić information content (AvgIpc) is 2.98. The van der Waals surface area contributed by atoms with Gasteiger partial charge in [-0.1, -0.05) is 0 Å². The van der Waals surface area contributed by atoms with Gasteiger partial charge in [-0.15, -0.1) is 0 Å². The van der Waals surface area contributed by atoms with Crippen molar-refractivity contribution in [1.29, 1.82) is 5.26 Å². The molecule has 5 rings (SSSR count). The van der Waals surface area contributed by atoms with Crippen molar-refractivity contribution >= 4 is 16.9 Å². The second-order valence-corrected chi connectivity index (χ2v) is 6.19. The molecule has 3 saturated heterocycles. The summed E-state index contributed by atoms with van der Waals surface area (Å²) in [7, 11) is 0. The molecule has 0 aliphatic carbocycles. The summed E-state index contributed by atoms with van der Waals surface area (Å²) in [4.78, 5) is 14.9. The van der Waals surface area contributed by atoms with Crippen LogP contribution in [0.3, 0.4) is 0 Å². The van der Waals surface area contributed by atoms with Crippen LogP contribution in [0.4, 0.5) is 0 Å². The van der Waals surface area contributed by atoms with Crippen molar-refractivity contribution < 1.29 is 9.21 Å². The highest BCUT2D eigenvalue weighted by molar-refractivity contribution is 5.98. The van der Waals surface area contributed by atoms with Crippen LogP contribution in [0.25, 0.3) is 11.0 Å². The molecule has 22 heavy (non-hydrogen) atoms. The largest absolute Gasteiger partial charge is 0.463 e. The molecule has 3 aliphatic heterocycles. The number of rotatable bonds is 2. The summed E-state index contributed by atoms with van der Waals surface area (Å²) in [6.07, 6.45) is 3.78. The van der Waals surface area contributed by atoms with Gasteiger partial charge < -0.3 is 14.6 Å². The Balaban J connectivity index is 1.54. The van der Waals surface area contributed by atoms with Crippen molar-refractivity contribution in [2.24, 2.45) is 5.92 Å². The van der Waals surface area contributed by atoms with Gasteiger partial charge in [0.05, 0.1) is 5.56 Å². The van der Waals surface area contributed by atoms with E-state index in [2.05, 4.69) is 16.3 Å². The maximum Gasteiger partial charge on any atom is 0.251 e. The molecule has 0 radical (unpaired) electrons. The number of carbonyl (C=O) groups is 1. The first kappa shape index (κ1) is 13.4. The van der Waals surface area contributed by atoms with Gasteiger partial charge in [-0.05, 0) is 50.0 Å². The van der Waals surface area contributed by atoms with Crippen LogP contribution < -0.4 is 5.32 Å². The van der Waals surface area contributed by atoms with Crippen molar-refractivity contribution in [3.63, 3.8) is 0 Å². The fourth-order valence-corrected chi connectivity index (χ4v) is 3.64. The number of fused-ring (bicyclic) bond motifs is 4. The molecule has 2 bridgehead atoms. The van der Waals surface area contributed by atoms with Crippen molar-refractivity contribution in [3.8, 4) is 6.07 Å². The molecule has 112 valence electrons. The maximum absolute atomic E-state index is 12.5. The molecule has 5 heteroatoms. The zero-order chi connectivity index (χ0) is 15.1. The van der Waals surface area contributed by atoms with Crippen molar-refractivity contribution in [2.45, 2.75) is 18.9 Å². The molecule has 5 nitrogen and oxygen atoms in total. The van der Waals surface area contributed by atoms with E-state index < -0.39 is 0 Å². The fourth-order valence-electron chi connectivity index (χ4n) is 3.64. The summed E-state index contributed by atoms with van der Waals surface area (Å²) >= 11 is 0. The van der Waals surface area contributed by atoms with E-state index in [1.807, 2.05) is 0 Å². The normalized spacial score (nSPS) is 26.8. The summed E-state index contributed by atoms with van der Waals surface area (Å²) in [5, 5.41) is 12.9. The van der Waals surface area contributed by atoms with E-state index in [1.54, 1.807) is 18.2 Å². The quantitative estimate of drug-likeness (QED) is 0.921. The lowest BCUT2D eigenvalue weighted by Gasteiger charge is -2.44. The van der Waals surface area contributed by atoms with Crippen LogP contribution in [-0.4, -0.2) is 36.5 Å². The van der Waals surface area contributed by atoms with Gasteiger partial charge in [-0.3, -0.25) is 4.79 Å². The minimum absolute atomic E-state index is 0.0597. The molecule has 2 aromatic rings. The van der Waals surface area contributed by atoms with Crippen LogP contribution in [0.2, 0.25) is 0 Å². The molecule has 3 fully saturated rings. The number of carbonyl (C=O) groups excluding carboxylic acids is 1. The van der Waals surface area contributed by atoms with Gasteiger partial charge >= 0.3 is 0 Å². The Bertz CT molecular complexity index is 766. The second kappa shape index (κ2) is 5.15. The minimum Gasteiger partial charge on any atom is -0.463 e. The Morgan fingerprint density at radius 3 is 2.86 bits per heavy atom. The van der Waals surface area contributed by atoms with Gasteiger partial charge in [0.2, 0.25) is 0 Å². The van der Waals surface area contributed by atoms with Crippen LogP contribution in [0.15, 0.2) is 28.9 Å². The average molecular weight is 295 g/mol. The number of benzene rings is 1. The molecule has 1 N–H and O–H groups in total. The SMILES string of the molecule is N#Cc1coc2cc(C(=O)NC3CN4CCC3CC4)ccc12. The Labute approximate surface area is 128 Å². The van der Waals surface area contributed by atoms with E-state index in [9.17, 15) is 4.79 Å². The predicted octanol–water partition coefficient (Wildman–Crippen LogP) is 2.13. The van der Waals surface area contributed by atoms with Crippen LogP contribution in [0.1, 0.15) is 28.8 Å². The van der Waals surface area contributed by atoms with Gasteiger partial charge in [0.25, 0.3) is 5.91 Å². The van der Waals surface area contributed by atoms with Crippen LogP contribution in [0.5, 0.6) is 0 Å². The zero-order valence-electron chi connectivity index (χ0n) is 12.2. The fraction of sp³-hybridized carbons (Fsp3) is 0.412. The van der Waals surface area contributed by atoms with Gasteiger partial charge in [0.1, 0.15) is 17.9 Å². The third-order valence-corrected chi connectivity index (χ3v) is 4.93. The number of hydrogen-bond donors (Lipinski definition) is 1. The van der Waals surface area contributed by atoms with Crippen LogP contribution >= 0.6 is 0 Å². The lowest BCUT2D eigenvalue weighted by molar-refractivity contribution is 0.0620. The van der Waals surface area contributed by atoms with E-state index in [-0.39, 0.29) is 11.9 Å². The first-order valence-electron chi connectivity index (χ1n) is 7.69. The smallest absolute Gasteiger partial charge is 0.251 e. The van der Waals surface area contributed by atoms with E-state index in [4.69, 9.17) is 9.68 Å². The topological polar surface area (TPSA) is 69.3 Å². The van der Waals surface area contributed by atoms with Gasteiger partial charge in [0, 0.05) is 23.5 Å². The molecule has 0 saturated carbocycles. The first-order valence-corrected chi connectivity index (χ1v) is 7.69. The standard InChI is InChI=1S/C17H17N3O2/c18-8-13-10-22-16-7-12(1-2-14(13)16)17(21)19-15-9-20-5-3-11(15)4-6-20/h1-2,7,10-11,15H,3-6,9H2,(H,19,21). The second-order valence-electron chi connectivity index (χ2n) is 6.19. The number of hydrogen-bond acceptors (Lipinski definition) is 4.